The Morgan fingerprint density at radius 2 is 1.95 bits per heavy atom. The van der Waals surface area contributed by atoms with Crippen molar-refractivity contribution in [2.24, 2.45) is 0 Å². The van der Waals surface area contributed by atoms with Crippen LogP contribution in [0.15, 0.2) is 42.7 Å². The third-order valence-corrected chi connectivity index (χ3v) is 2.84. The zero-order chi connectivity index (χ0) is 13.5. The van der Waals surface area contributed by atoms with E-state index in [-0.39, 0.29) is 6.61 Å². The number of pyridine rings is 1. The lowest BCUT2D eigenvalue weighted by molar-refractivity contribution is 0.263. The molecule has 0 spiro atoms. The number of aliphatic hydroxyl groups excluding tert-OH is 1. The van der Waals surface area contributed by atoms with Gasteiger partial charge in [-0.05, 0) is 29.8 Å². The van der Waals surface area contributed by atoms with Gasteiger partial charge in [0.25, 0.3) is 0 Å². The molecule has 1 aromatic heterocycles. The van der Waals surface area contributed by atoms with Crippen LogP contribution in [-0.2, 0) is 13.0 Å². The second kappa shape index (κ2) is 6.75. The van der Waals surface area contributed by atoms with Crippen molar-refractivity contribution < 1.29 is 14.6 Å². The average Bonchev–Trinajstić information content (AvgIpc) is 2.48. The molecule has 2 aromatic rings. The largest absolute Gasteiger partial charge is 0.497 e. The number of aliphatic hydroxyl groups is 1. The van der Waals surface area contributed by atoms with Crippen molar-refractivity contribution in [1.29, 1.82) is 0 Å². The number of rotatable bonds is 6. The zero-order valence-electron chi connectivity index (χ0n) is 10.9. The summed E-state index contributed by atoms with van der Waals surface area (Å²) in [5, 5.41) is 9.27. The van der Waals surface area contributed by atoms with Gasteiger partial charge in [0, 0.05) is 30.4 Å². The van der Waals surface area contributed by atoms with Crippen LogP contribution in [0.3, 0.4) is 0 Å². The SMILES string of the molecule is COc1ccc(CO)c(OCCc2ccncc2)c1. The van der Waals surface area contributed by atoms with Crippen LogP contribution in [0.25, 0.3) is 0 Å². The molecule has 0 unspecified atom stereocenters. The fourth-order valence-corrected chi connectivity index (χ4v) is 1.76. The van der Waals surface area contributed by atoms with Crippen LogP contribution in [0.4, 0.5) is 0 Å². The lowest BCUT2D eigenvalue weighted by atomic mass is 10.2. The Kier molecular flexibility index (Phi) is 4.75. The summed E-state index contributed by atoms with van der Waals surface area (Å²) in [5.74, 6) is 1.38. The minimum absolute atomic E-state index is 0.0470. The van der Waals surface area contributed by atoms with Gasteiger partial charge in [0.05, 0.1) is 20.3 Å². The molecular formula is C15H17NO3. The molecule has 2 rings (SSSR count). The van der Waals surface area contributed by atoms with Gasteiger partial charge in [-0.25, -0.2) is 0 Å². The van der Waals surface area contributed by atoms with Gasteiger partial charge in [0.15, 0.2) is 0 Å². The first-order valence-corrected chi connectivity index (χ1v) is 6.13. The van der Waals surface area contributed by atoms with Crippen molar-refractivity contribution in [3.63, 3.8) is 0 Å². The molecule has 0 fully saturated rings. The summed E-state index contributed by atoms with van der Waals surface area (Å²) in [4.78, 5) is 3.97. The molecule has 0 radical (unpaired) electrons. The molecule has 0 aliphatic heterocycles. The van der Waals surface area contributed by atoms with E-state index < -0.39 is 0 Å². The van der Waals surface area contributed by atoms with Crippen molar-refractivity contribution in [3.05, 3.63) is 53.9 Å². The van der Waals surface area contributed by atoms with Gasteiger partial charge >= 0.3 is 0 Å². The van der Waals surface area contributed by atoms with Gasteiger partial charge < -0.3 is 14.6 Å². The highest BCUT2D eigenvalue weighted by Gasteiger charge is 2.05. The highest BCUT2D eigenvalue weighted by atomic mass is 16.5. The molecule has 4 nitrogen and oxygen atoms in total. The summed E-state index contributed by atoms with van der Waals surface area (Å²) in [6.07, 6.45) is 4.32. The summed E-state index contributed by atoms with van der Waals surface area (Å²) < 4.78 is 10.9. The summed E-state index contributed by atoms with van der Waals surface area (Å²) >= 11 is 0. The van der Waals surface area contributed by atoms with E-state index in [1.54, 1.807) is 37.7 Å². The predicted octanol–water partition coefficient (Wildman–Crippen LogP) is 2.20. The summed E-state index contributed by atoms with van der Waals surface area (Å²) in [6, 6.07) is 9.32. The third-order valence-electron chi connectivity index (χ3n) is 2.84. The Morgan fingerprint density at radius 1 is 1.16 bits per heavy atom. The molecule has 0 atom stereocenters. The molecule has 0 saturated heterocycles. The summed E-state index contributed by atoms with van der Waals surface area (Å²) in [7, 11) is 1.61. The number of aromatic nitrogens is 1. The molecule has 19 heavy (non-hydrogen) atoms. The molecule has 1 heterocycles. The van der Waals surface area contributed by atoms with E-state index in [1.807, 2.05) is 12.1 Å². The van der Waals surface area contributed by atoms with E-state index in [0.29, 0.717) is 12.4 Å². The van der Waals surface area contributed by atoms with E-state index in [4.69, 9.17) is 9.47 Å². The molecule has 0 bridgehead atoms. The Bertz CT molecular complexity index is 514. The maximum absolute atomic E-state index is 9.27. The Labute approximate surface area is 112 Å². The van der Waals surface area contributed by atoms with Crippen LogP contribution in [0, 0.1) is 0 Å². The minimum Gasteiger partial charge on any atom is -0.497 e. The third kappa shape index (κ3) is 3.69. The topological polar surface area (TPSA) is 51.6 Å². The number of benzene rings is 1. The first-order chi connectivity index (χ1) is 9.33. The number of ether oxygens (including phenoxy) is 2. The van der Waals surface area contributed by atoms with E-state index in [1.165, 1.54) is 5.56 Å². The van der Waals surface area contributed by atoms with Crippen LogP contribution < -0.4 is 9.47 Å². The molecule has 0 aliphatic carbocycles. The highest BCUT2D eigenvalue weighted by molar-refractivity contribution is 5.40. The quantitative estimate of drug-likeness (QED) is 0.864. The maximum atomic E-state index is 9.27. The van der Waals surface area contributed by atoms with E-state index in [9.17, 15) is 5.11 Å². The van der Waals surface area contributed by atoms with E-state index >= 15 is 0 Å². The van der Waals surface area contributed by atoms with Crippen molar-refractivity contribution in [3.8, 4) is 11.5 Å². The minimum atomic E-state index is -0.0470. The van der Waals surface area contributed by atoms with Crippen LogP contribution in [0.2, 0.25) is 0 Å². The monoisotopic (exact) mass is 259 g/mol. The Hall–Kier alpha value is -2.07. The van der Waals surface area contributed by atoms with Crippen molar-refractivity contribution >= 4 is 0 Å². The van der Waals surface area contributed by atoms with E-state index in [0.717, 1.165) is 17.7 Å². The number of hydrogen-bond donors (Lipinski definition) is 1. The van der Waals surface area contributed by atoms with Crippen LogP contribution in [0.1, 0.15) is 11.1 Å². The fourth-order valence-electron chi connectivity index (χ4n) is 1.76. The van der Waals surface area contributed by atoms with Gasteiger partial charge in [0.2, 0.25) is 0 Å². The fraction of sp³-hybridized carbons (Fsp3) is 0.267. The average molecular weight is 259 g/mol. The van der Waals surface area contributed by atoms with Gasteiger partial charge in [-0.3, -0.25) is 4.98 Å². The zero-order valence-corrected chi connectivity index (χ0v) is 10.9. The molecule has 0 amide bonds. The molecule has 1 aromatic carbocycles. The van der Waals surface area contributed by atoms with E-state index in [2.05, 4.69) is 4.98 Å². The van der Waals surface area contributed by atoms with Gasteiger partial charge in [-0.1, -0.05) is 0 Å². The van der Waals surface area contributed by atoms with Crippen molar-refractivity contribution in [2.45, 2.75) is 13.0 Å². The van der Waals surface area contributed by atoms with Crippen LogP contribution in [0.5, 0.6) is 11.5 Å². The van der Waals surface area contributed by atoms with Crippen molar-refractivity contribution in [2.75, 3.05) is 13.7 Å². The van der Waals surface area contributed by atoms with Crippen LogP contribution in [-0.4, -0.2) is 23.8 Å². The Balaban J connectivity index is 1.98. The first-order valence-electron chi connectivity index (χ1n) is 6.13. The second-order valence-corrected chi connectivity index (χ2v) is 4.09. The molecule has 1 N–H and O–H groups in total. The second-order valence-electron chi connectivity index (χ2n) is 4.09. The Morgan fingerprint density at radius 3 is 2.63 bits per heavy atom. The van der Waals surface area contributed by atoms with Gasteiger partial charge in [-0.2, -0.15) is 0 Å². The highest BCUT2D eigenvalue weighted by Crippen LogP contribution is 2.25. The smallest absolute Gasteiger partial charge is 0.128 e. The first kappa shape index (κ1) is 13.4. The standard InChI is InChI=1S/C15H17NO3/c1-18-14-3-2-13(11-17)15(10-14)19-9-6-12-4-7-16-8-5-12/h2-5,7-8,10,17H,6,9,11H2,1H3. The summed E-state index contributed by atoms with van der Waals surface area (Å²) in [5.41, 5.74) is 1.93. The normalized spacial score (nSPS) is 10.2. The summed E-state index contributed by atoms with van der Waals surface area (Å²) in [6.45, 7) is 0.499. The van der Waals surface area contributed by atoms with Gasteiger partial charge in [0.1, 0.15) is 11.5 Å². The van der Waals surface area contributed by atoms with Gasteiger partial charge in [-0.15, -0.1) is 0 Å². The van der Waals surface area contributed by atoms with Crippen LogP contribution >= 0.6 is 0 Å². The lowest BCUT2D eigenvalue weighted by Gasteiger charge is -2.11. The molecular weight excluding hydrogens is 242 g/mol. The molecule has 0 saturated carbocycles. The molecule has 4 heteroatoms. The lowest BCUT2D eigenvalue weighted by Crippen LogP contribution is -2.04. The predicted molar refractivity (Wildman–Crippen MR) is 72.4 cm³/mol. The number of hydrogen-bond acceptors (Lipinski definition) is 4. The number of nitrogens with zero attached hydrogens (tertiary/aromatic N) is 1. The maximum Gasteiger partial charge on any atom is 0.128 e. The number of methoxy groups -OCH3 is 1. The molecule has 100 valence electrons. The van der Waals surface area contributed by atoms with Crippen molar-refractivity contribution in [1.82, 2.24) is 4.98 Å². The molecule has 0 aliphatic rings.